The van der Waals surface area contributed by atoms with E-state index >= 15 is 0 Å². The van der Waals surface area contributed by atoms with Gasteiger partial charge in [-0.2, -0.15) is 0 Å². The number of carbonyl (C=O) groups excluding carboxylic acids is 1. The molecule has 0 saturated heterocycles. The van der Waals surface area contributed by atoms with Crippen molar-refractivity contribution in [3.63, 3.8) is 0 Å². The van der Waals surface area contributed by atoms with Crippen LogP contribution >= 0.6 is 0 Å². The number of amides is 1. The average molecular weight is 321 g/mol. The molecule has 0 aromatic heterocycles. The van der Waals surface area contributed by atoms with E-state index in [2.05, 4.69) is 5.32 Å². The lowest BCUT2D eigenvalue weighted by Gasteiger charge is -2.08. The van der Waals surface area contributed by atoms with Crippen molar-refractivity contribution in [1.82, 2.24) is 0 Å². The molecule has 120 valence electrons. The number of anilines is 1. The van der Waals surface area contributed by atoms with E-state index in [1.807, 2.05) is 19.1 Å². The summed E-state index contributed by atoms with van der Waals surface area (Å²) in [6, 6.07) is 20.2. The minimum atomic E-state index is -0.309. The van der Waals surface area contributed by atoms with Crippen molar-refractivity contribution in [3.8, 4) is 11.5 Å². The summed E-state index contributed by atoms with van der Waals surface area (Å²) in [5.74, 6) is 0.682. The van der Waals surface area contributed by atoms with E-state index in [1.165, 1.54) is 12.1 Å². The lowest BCUT2D eigenvalue weighted by atomic mass is 10.1. The predicted octanol–water partition coefficient (Wildman–Crippen LogP) is 5.18. The van der Waals surface area contributed by atoms with Crippen molar-refractivity contribution in [3.05, 3.63) is 89.7 Å². The second-order valence-corrected chi connectivity index (χ2v) is 5.40. The standard InChI is InChI=1S/C20H16FNO2/c1-14-2-4-15(5-3-14)20(23)22-17-8-12-19(13-9-17)24-18-10-6-16(21)7-11-18/h2-13H,1H3,(H,22,23). The molecule has 24 heavy (non-hydrogen) atoms. The maximum absolute atomic E-state index is 12.9. The van der Waals surface area contributed by atoms with Crippen LogP contribution in [0.15, 0.2) is 72.8 Å². The van der Waals surface area contributed by atoms with Gasteiger partial charge in [0.1, 0.15) is 17.3 Å². The molecule has 0 fully saturated rings. The molecule has 0 heterocycles. The van der Waals surface area contributed by atoms with E-state index in [0.29, 0.717) is 22.7 Å². The molecule has 0 atom stereocenters. The Balaban J connectivity index is 1.64. The van der Waals surface area contributed by atoms with Gasteiger partial charge in [0, 0.05) is 11.3 Å². The van der Waals surface area contributed by atoms with Crippen molar-refractivity contribution in [2.75, 3.05) is 5.32 Å². The molecule has 3 aromatic carbocycles. The van der Waals surface area contributed by atoms with Crippen LogP contribution in [-0.2, 0) is 0 Å². The predicted molar refractivity (Wildman–Crippen MR) is 92.0 cm³/mol. The number of hydrogen-bond acceptors (Lipinski definition) is 2. The first-order chi connectivity index (χ1) is 11.6. The Kier molecular flexibility index (Phi) is 4.57. The molecule has 0 bridgehead atoms. The van der Waals surface area contributed by atoms with E-state index < -0.39 is 0 Å². The van der Waals surface area contributed by atoms with Crippen molar-refractivity contribution in [2.45, 2.75) is 6.92 Å². The molecule has 0 aliphatic heterocycles. The molecule has 0 unspecified atom stereocenters. The van der Waals surface area contributed by atoms with Crippen LogP contribution in [0.3, 0.4) is 0 Å². The maximum Gasteiger partial charge on any atom is 0.255 e. The van der Waals surface area contributed by atoms with Crippen LogP contribution in [0, 0.1) is 12.7 Å². The summed E-state index contributed by atoms with van der Waals surface area (Å²) in [5.41, 5.74) is 2.38. The number of benzene rings is 3. The molecule has 3 nitrogen and oxygen atoms in total. The highest BCUT2D eigenvalue weighted by molar-refractivity contribution is 6.04. The molecular formula is C20H16FNO2. The Hall–Kier alpha value is -3.14. The second-order valence-electron chi connectivity index (χ2n) is 5.40. The van der Waals surface area contributed by atoms with Gasteiger partial charge in [0.2, 0.25) is 0 Å². The van der Waals surface area contributed by atoms with Crippen molar-refractivity contribution in [2.24, 2.45) is 0 Å². The molecule has 0 saturated carbocycles. The fraction of sp³-hybridized carbons (Fsp3) is 0.0500. The Morgan fingerprint density at radius 2 is 1.38 bits per heavy atom. The number of carbonyl (C=O) groups is 1. The molecule has 3 aromatic rings. The summed E-state index contributed by atoms with van der Waals surface area (Å²) >= 11 is 0. The molecule has 0 aliphatic rings. The topological polar surface area (TPSA) is 38.3 Å². The van der Waals surface area contributed by atoms with Gasteiger partial charge in [-0.25, -0.2) is 4.39 Å². The molecule has 0 aliphatic carbocycles. The van der Waals surface area contributed by atoms with Crippen molar-refractivity contribution in [1.29, 1.82) is 0 Å². The highest BCUT2D eigenvalue weighted by atomic mass is 19.1. The van der Waals surface area contributed by atoms with Gasteiger partial charge in [-0.15, -0.1) is 0 Å². The second kappa shape index (κ2) is 6.96. The van der Waals surface area contributed by atoms with Crippen LogP contribution in [0.1, 0.15) is 15.9 Å². The monoisotopic (exact) mass is 321 g/mol. The first kappa shape index (κ1) is 15.7. The van der Waals surface area contributed by atoms with Crippen LogP contribution in [0.4, 0.5) is 10.1 Å². The largest absolute Gasteiger partial charge is 0.457 e. The van der Waals surface area contributed by atoms with E-state index in [-0.39, 0.29) is 11.7 Å². The molecule has 0 spiro atoms. The number of aryl methyl sites for hydroxylation is 1. The normalized spacial score (nSPS) is 10.2. The fourth-order valence-corrected chi connectivity index (χ4v) is 2.15. The van der Waals surface area contributed by atoms with Gasteiger partial charge >= 0.3 is 0 Å². The SMILES string of the molecule is Cc1ccc(C(=O)Nc2ccc(Oc3ccc(F)cc3)cc2)cc1. The van der Waals surface area contributed by atoms with Gasteiger partial charge in [-0.1, -0.05) is 17.7 Å². The van der Waals surface area contributed by atoms with Crippen LogP contribution in [0.5, 0.6) is 11.5 Å². The fourth-order valence-electron chi connectivity index (χ4n) is 2.15. The van der Waals surface area contributed by atoms with Crippen molar-refractivity contribution >= 4 is 11.6 Å². The van der Waals surface area contributed by atoms with E-state index in [4.69, 9.17) is 4.74 Å². The third-order valence-corrected chi connectivity index (χ3v) is 3.48. The number of nitrogens with one attached hydrogen (secondary N) is 1. The van der Waals surface area contributed by atoms with Gasteiger partial charge < -0.3 is 10.1 Å². The lowest BCUT2D eigenvalue weighted by Crippen LogP contribution is -2.11. The zero-order valence-electron chi connectivity index (χ0n) is 13.1. The smallest absolute Gasteiger partial charge is 0.255 e. The summed E-state index contributed by atoms with van der Waals surface area (Å²) in [4.78, 5) is 12.2. The quantitative estimate of drug-likeness (QED) is 0.719. The Labute approximate surface area is 139 Å². The summed E-state index contributed by atoms with van der Waals surface area (Å²) in [6.45, 7) is 1.97. The Bertz CT molecular complexity index is 825. The molecule has 0 radical (unpaired) electrons. The van der Waals surface area contributed by atoms with Crippen LogP contribution < -0.4 is 10.1 Å². The maximum atomic E-state index is 12.9. The van der Waals surface area contributed by atoms with E-state index in [0.717, 1.165) is 5.56 Å². The van der Waals surface area contributed by atoms with E-state index in [9.17, 15) is 9.18 Å². The number of rotatable bonds is 4. The van der Waals surface area contributed by atoms with Crippen LogP contribution in [-0.4, -0.2) is 5.91 Å². The van der Waals surface area contributed by atoms with Crippen LogP contribution in [0.25, 0.3) is 0 Å². The zero-order chi connectivity index (χ0) is 16.9. The minimum absolute atomic E-state index is 0.165. The molecule has 1 amide bonds. The minimum Gasteiger partial charge on any atom is -0.457 e. The van der Waals surface area contributed by atoms with Gasteiger partial charge in [0.05, 0.1) is 0 Å². The molecule has 4 heteroatoms. The summed E-state index contributed by atoms with van der Waals surface area (Å²) in [5, 5.41) is 2.83. The third-order valence-electron chi connectivity index (χ3n) is 3.48. The molecule has 3 rings (SSSR count). The number of hydrogen-bond donors (Lipinski definition) is 1. The van der Waals surface area contributed by atoms with E-state index in [1.54, 1.807) is 48.5 Å². The lowest BCUT2D eigenvalue weighted by molar-refractivity contribution is 0.102. The zero-order valence-corrected chi connectivity index (χ0v) is 13.1. The molecular weight excluding hydrogens is 305 g/mol. The average Bonchev–Trinajstić information content (AvgIpc) is 2.59. The molecule has 1 N–H and O–H groups in total. The van der Waals surface area contributed by atoms with Gasteiger partial charge in [0.15, 0.2) is 0 Å². The number of halogens is 1. The third kappa shape index (κ3) is 3.98. The Morgan fingerprint density at radius 1 is 0.833 bits per heavy atom. The summed E-state index contributed by atoms with van der Waals surface area (Å²) in [6.07, 6.45) is 0. The van der Waals surface area contributed by atoms with Gasteiger partial charge in [-0.3, -0.25) is 4.79 Å². The van der Waals surface area contributed by atoms with Crippen molar-refractivity contribution < 1.29 is 13.9 Å². The number of ether oxygens (including phenoxy) is 1. The highest BCUT2D eigenvalue weighted by Gasteiger charge is 2.06. The first-order valence-corrected chi connectivity index (χ1v) is 7.52. The van der Waals surface area contributed by atoms with Crippen LogP contribution in [0.2, 0.25) is 0 Å². The highest BCUT2D eigenvalue weighted by Crippen LogP contribution is 2.23. The first-order valence-electron chi connectivity index (χ1n) is 7.52. The Morgan fingerprint density at radius 3 is 1.96 bits per heavy atom. The summed E-state index contributed by atoms with van der Waals surface area (Å²) in [7, 11) is 0. The summed E-state index contributed by atoms with van der Waals surface area (Å²) < 4.78 is 18.5. The van der Waals surface area contributed by atoms with Gasteiger partial charge in [0.25, 0.3) is 5.91 Å². The van der Waals surface area contributed by atoms with Gasteiger partial charge in [-0.05, 0) is 67.6 Å².